The third kappa shape index (κ3) is 7.16. The number of nitrogens with zero attached hydrogens (tertiary/aromatic N) is 3. The van der Waals surface area contributed by atoms with E-state index in [0.717, 1.165) is 16.7 Å². The smallest absolute Gasteiger partial charge is 0.315 e. The summed E-state index contributed by atoms with van der Waals surface area (Å²) < 4.78 is 0. The van der Waals surface area contributed by atoms with Crippen LogP contribution < -0.4 is 16.0 Å². The molecule has 0 radical (unpaired) electrons. The molecule has 3 amide bonds. The molecular formula is C29H29Cl2N7O2. The molecule has 11 heteroatoms. The number of halogens is 2. The summed E-state index contributed by atoms with van der Waals surface area (Å²) in [5.74, 6) is 0.301. The van der Waals surface area contributed by atoms with Crippen LogP contribution in [0.2, 0.25) is 10.0 Å². The van der Waals surface area contributed by atoms with Crippen LogP contribution in [0, 0.1) is 0 Å². The largest absolute Gasteiger partial charge is 0.334 e. The first kappa shape index (κ1) is 27.6. The van der Waals surface area contributed by atoms with E-state index in [4.69, 9.17) is 23.2 Å². The topological polar surface area (TPSA) is 125 Å². The number of amides is 3. The van der Waals surface area contributed by atoms with Crippen molar-refractivity contribution in [2.24, 2.45) is 0 Å². The van der Waals surface area contributed by atoms with Gasteiger partial charge in [0.25, 0.3) is 11.9 Å². The summed E-state index contributed by atoms with van der Waals surface area (Å²) in [5.41, 5.74) is 4.30. The van der Waals surface area contributed by atoms with Crippen LogP contribution in [-0.4, -0.2) is 32.6 Å². The van der Waals surface area contributed by atoms with Gasteiger partial charge in [0.1, 0.15) is 0 Å². The number of tetrazole rings is 1. The molecule has 0 spiro atoms. The summed E-state index contributed by atoms with van der Waals surface area (Å²) in [7, 11) is 0. The van der Waals surface area contributed by atoms with Crippen LogP contribution in [0.4, 0.5) is 10.7 Å². The first-order chi connectivity index (χ1) is 19.4. The molecule has 206 valence electrons. The molecule has 40 heavy (non-hydrogen) atoms. The molecule has 0 aliphatic heterocycles. The van der Waals surface area contributed by atoms with Crippen molar-refractivity contribution in [1.29, 1.82) is 0 Å². The maximum absolute atomic E-state index is 13.0. The zero-order valence-corrected chi connectivity index (χ0v) is 23.2. The van der Waals surface area contributed by atoms with Crippen LogP contribution in [0.1, 0.15) is 76.7 Å². The van der Waals surface area contributed by atoms with Gasteiger partial charge >= 0.3 is 6.03 Å². The molecule has 4 aromatic rings. The molecular weight excluding hydrogens is 549 g/mol. The maximum Gasteiger partial charge on any atom is 0.315 e. The van der Waals surface area contributed by atoms with E-state index in [1.807, 2.05) is 12.1 Å². The van der Waals surface area contributed by atoms with Crippen molar-refractivity contribution in [2.45, 2.75) is 50.6 Å². The third-order valence-electron chi connectivity index (χ3n) is 7.07. The van der Waals surface area contributed by atoms with E-state index >= 15 is 0 Å². The van der Waals surface area contributed by atoms with Gasteiger partial charge in [-0.15, -0.1) is 5.10 Å². The standard InChI is InChI=1S/C29H29Cl2N7O2/c30-24-14-18(15-25(31)16-24)17-32-29(40)33-26(21-8-6-20(7-9-21)19-4-2-1-3-5-19)22-10-12-23(13-11-22)27(39)34-28-35-37-38-36-28/h6-16,19,26H,1-5,17H2,(H2,32,33,40)(H2,34,35,36,37,38,39). The number of anilines is 1. The number of urea groups is 1. The molecule has 3 aromatic carbocycles. The van der Waals surface area contributed by atoms with Crippen LogP contribution in [0.15, 0.2) is 66.7 Å². The minimum atomic E-state index is -0.447. The molecule has 0 bridgehead atoms. The van der Waals surface area contributed by atoms with Crippen LogP contribution >= 0.6 is 23.2 Å². The molecule has 1 heterocycles. The number of benzene rings is 3. The van der Waals surface area contributed by atoms with Gasteiger partial charge in [-0.2, -0.15) is 5.21 Å². The highest BCUT2D eigenvalue weighted by molar-refractivity contribution is 6.34. The molecule has 1 aromatic heterocycles. The van der Waals surface area contributed by atoms with E-state index in [-0.39, 0.29) is 24.4 Å². The van der Waals surface area contributed by atoms with E-state index in [1.165, 1.54) is 37.7 Å². The summed E-state index contributed by atoms with van der Waals surface area (Å²) in [4.78, 5) is 25.6. The Hall–Kier alpha value is -3.95. The van der Waals surface area contributed by atoms with Gasteiger partial charge < -0.3 is 10.6 Å². The average Bonchev–Trinajstić information content (AvgIpc) is 3.48. The van der Waals surface area contributed by atoms with Gasteiger partial charge in [0.15, 0.2) is 0 Å². The number of nitrogens with one attached hydrogen (secondary N) is 4. The average molecular weight is 579 g/mol. The van der Waals surface area contributed by atoms with Crippen LogP contribution in [-0.2, 0) is 6.54 Å². The number of rotatable bonds is 8. The normalized spacial score (nSPS) is 14.3. The van der Waals surface area contributed by atoms with Crippen molar-refractivity contribution in [1.82, 2.24) is 31.3 Å². The summed E-state index contributed by atoms with van der Waals surface area (Å²) in [6, 6.07) is 19.9. The lowest BCUT2D eigenvalue weighted by molar-refractivity contribution is 0.102. The number of hydrogen-bond donors (Lipinski definition) is 4. The number of carbonyl (C=O) groups excluding carboxylic acids is 2. The minimum absolute atomic E-state index is 0.0873. The lowest BCUT2D eigenvalue weighted by atomic mass is 9.83. The second kappa shape index (κ2) is 12.9. The van der Waals surface area contributed by atoms with Crippen LogP contribution in [0.5, 0.6) is 0 Å². The van der Waals surface area contributed by atoms with Gasteiger partial charge in [0, 0.05) is 22.2 Å². The predicted molar refractivity (Wildman–Crippen MR) is 155 cm³/mol. The zero-order chi connectivity index (χ0) is 27.9. The number of aromatic amines is 1. The van der Waals surface area contributed by atoms with Crippen molar-refractivity contribution in [3.63, 3.8) is 0 Å². The summed E-state index contributed by atoms with van der Waals surface area (Å²) in [5, 5.41) is 22.8. The van der Waals surface area contributed by atoms with Gasteiger partial charge in [-0.3, -0.25) is 10.1 Å². The van der Waals surface area contributed by atoms with Crippen molar-refractivity contribution in [2.75, 3.05) is 5.32 Å². The highest BCUT2D eigenvalue weighted by atomic mass is 35.5. The number of H-pyrrole nitrogens is 1. The van der Waals surface area contributed by atoms with E-state index in [9.17, 15) is 9.59 Å². The van der Waals surface area contributed by atoms with Gasteiger partial charge in [-0.05, 0) is 76.6 Å². The monoisotopic (exact) mass is 577 g/mol. The maximum atomic E-state index is 13.0. The second-order valence-corrected chi connectivity index (χ2v) is 10.7. The number of carbonyl (C=O) groups is 2. The Morgan fingerprint density at radius 3 is 2.17 bits per heavy atom. The van der Waals surface area contributed by atoms with E-state index in [0.29, 0.717) is 21.5 Å². The van der Waals surface area contributed by atoms with Gasteiger partial charge in [-0.1, -0.05) is 84.0 Å². The van der Waals surface area contributed by atoms with Gasteiger partial charge in [0.05, 0.1) is 6.04 Å². The van der Waals surface area contributed by atoms with Crippen molar-refractivity contribution in [3.8, 4) is 0 Å². The number of aromatic nitrogens is 4. The molecule has 1 unspecified atom stereocenters. The first-order valence-electron chi connectivity index (χ1n) is 13.2. The van der Waals surface area contributed by atoms with E-state index < -0.39 is 6.04 Å². The lowest BCUT2D eigenvalue weighted by Crippen LogP contribution is -2.38. The molecule has 1 aliphatic rings. The summed E-state index contributed by atoms with van der Waals surface area (Å²) in [6.45, 7) is 0.259. The molecule has 4 N–H and O–H groups in total. The van der Waals surface area contributed by atoms with Crippen molar-refractivity contribution < 1.29 is 9.59 Å². The van der Waals surface area contributed by atoms with Gasteiger partial charge in [0.2, 0.25) is 0 Å². The van der Waals surface area contributed by atoms with Crippen molar-refractivity contribution in [3.05, 3.63) is 105 Å². The fourth-order valence-electron chi connectivity index (χ4n) is 5.05. The van der Waals surface area contributed by atoms with E-state index in [1.54, 1.807) is 30.3 Å². The van der Waals surface area contributed by atoms with Crippen LogP contribution in [0.25, 0.3) is 0 Å². The highest BCUT2D eigenvalue weighted by Gasteiger charge is 2.20. The quantitative estimate of drug-likeness (QED) is 0.193. The molecule has 9 nitrogen and oxygen atoms in total. The molecule has 1 atom stereocenters. The fourth-order valence-corrected chi connectivity index (χ4v) is 5.62. The Labute approximate surface area is 242 Å². The molecule has 1 saturated carbocycles. The Bertz CT molecular complexity index is 1420. The molecule has 1 aliphatic carbocycles. The number of hydrogen-bond acceptors (Lipinski definition) is 5. The Morgan fingerprint density at radius 2 is 1.55 bits per heavy atom. The summed E-state index contributed by atoms with van der Waals surface area (Å²) >= 11 is 12.2. The fraction of sp³-hybridized carbons (Fsp3) is 0.276. The highest BCUT2D eigenvalue weighted by Crippen LogP contribution is 2.33. The first-order valence-corrected chi connectivity index (χ1v) is 13.9. The van der Waals surface area contributed by atoms with Gasteiger partial charge in [-0.25, -0.2) is 4.79 Å². The third-order valence-corrected chi connectivity index (χ3v) is 7.51. The van der Waals surface area contributed by atoms with Crippen molar-refractivity contribution >= 4 is 41.1 Å². The lowest BCUT2D eigenvalue weighted by Gasteiger charge is -2.24. The molecule has 5 rings (SSSR count). The SMILES string of the molecule is O=C(NCc1cc(Cl)cc(Cl)c1)NC(c1ccc(C(=O)Nc2nn[nH]n2)cc1)c1ccc(C2CCCCC2)cc1. The Balaban J connectivity index is 1.33. The van der Waals surface area contributed by atoms with Crippen LogP contribution in [0.3, 0.4) is 0 Å². The molecule has 1 fully saturated rings. The summed E-state index contributed by atoms with van der Waals surface area (Å²) in [6.07, 6.45) is 6.26. The second-order valence-electron chi connectivity index (χ2n) is 9.85. The molecule has 0 saturated heterocycles. The van der Waals surface area contributed by atoms with E-state index in [2.05, 4.69) is 60.8 Å². The zero-order valence-electron chi connectivity index (χ0n) is 21.7. The predicted octanol–water partition coefficient (Wildman–Crippen LogP) is 6.40. The minimum Gasteiger partial charge on any atom is -0.334 e. The Morgan fingerprint density at radius 1 is 0.900 bits per heavy atom. The Kier molecular flexibility index (Phi) is 8.93.